The van der Waals surface area contributed by atoms with Gasteiger partial charge in [-0.05, 0) is 57.1 Å². The van der Waals surface area contributed by atoms with Crippen molar-refractivity contribution in [2.24, 2.45) is 12.5 Å². The summed E-state index contributed by atoms with van der Waals surface area (Å²) >= 11 is 6.74. The van der Waals surface area contributed by atoms with E-state index in [-0.39, 0.29) is 51.7 Å². The molecule has 2 fully saturated rings. The van der Waals surface area contributed by atoms with Crippen LogP contribution in [0.1, 0.15) is 62.4 Å². The van der Waals surface area contributed by atoms with Crippen molar-refractivity contribution in [1.29, 1.82) is 5.26 Å². The van der Waals surface area contributed by atoms with Crippen molar-refractivity contribution < 1.29 is 27.8 Å². The van der Waals surface area contributed by atoms with Crippen molar-refractivity contribution in [1.82, 2.24) is 14.7 Å². The Hall–Kier alpha value is -4.62. The Morgan fingerprint density at radius 2 is 1.90 bits per heavy atom. The van der Waals surface area contributed by atoms with Crippen LogP contribution in [0.3, 0.4) is 0 Å². The van der Waals surface area contributed by atoms with E-state index in [4.69, 9.17) is 25.8 Å². The number of hydrogen-bond donors (Lipinski definition) is 0. The average Bonchev–Trinajstić information content (AvgIpc) is 3.32. The Morgan fingerprint density at radius 3 is 2.58 bits per heavy atom. The van der Waals surface area contributed by atoms with Crippen LogP contribution in [0.4, 0.5) is 13.6 Å². The molecule has 48 heavy (non-hydrogen) atoms. The van der Waals surface area contributed by atoms with Gasteiger partial charge < -0.3 is 19.1 Å². The van der Waals surface area contributed by atoms with E-state index in [9.17, 15) is 10.1 Å². The molecule has 4 aromatic rings. The number of aromatic nitrogens is 2. The van der Waals surface area contributed by atoms with E-state index in [0.29, 0.717) is 35.3 Å². The third-order valence-electron chi connectivity index (χ3n) is 10.1. The van der Waals surface area contributed by atoms with Gasteiger partial charge in [0.15, 0.2) is 17.2 Å². The molecular formula is C37H33ClF2N4O4. The van der Waals surface area contributed by atoms with Gasteiger partial charge in [0.2, 0.25) is 0 Å². The largest absolute Gasteiger partial charge is 0.483 e. The van der Waals surface area contributed by atoms with Crippen molar-refractivity contribution in [3.8, 4) is 39.8 Å². The average molecular weight is 671 g/mol. The first kappa shape index (κ1) is 30.7. The first-order valence-electron chi connectivity index (χ1n) is 16.0. The fraction of sp³-hybridized carbons (Fsp3) is 0.378. The minimum absolute atomic E-state index is 0.0323. The number of aryl methyl sites for hydroxylation is 1. The van der Waals surface area contributed by atoms with Gasteiger partial charge in [-0.3, -0.25) is 4.68 Å². The molecule has 0 bridgehead atoms. The van der Waals surface area contributed by atoms with Gasteiger partial charge in [0.05, 0.1) is 22.7 Å². The van der Waals surface area contributed by atoms with E-state index >= 15 is 8.78 Å². The highest BCUT2D eigenvalue weighted by molar-refractivity contribution is 6.34. The molecule has 3 aliphatic heterocycles. The molecule has 246 valence electrons. The van der Waals surface area contributed by atoms with Crippen LogP contribution in [0.25, 0.3) is 22.3 Å². The molecule has 0 unspecified atom stereocenters. The third kappa shape index (κ3) is 4.66. The van der Waals surface area contributed by atoms with Crippen LogP contribution in [0.15, 0.2) is 48.7 Å². The molecule has 1 saturated heterocycles. The minimum Gasteiger partial charge on any atom is -0.483 e. The molecule has 4 heterocycles. The number of hydrogen-bond acceptors (Lipinski definition) is 6. The zero-order valence-corrected chi connectivity index (χ0v) is 27.8. The first-order valence-corrected chi connectivity index (χ1v) is 16.4. The maximum absolute atomic E-state index is 16.8. The lowest BCUT2D eigenvalue weighted by atomic mass is 9.78. The van der Waals surface area contributed by atoms with Gasteiger partial charge >= 0.3 is 6.09 Å². The molecule has 11 heteroatoms. The summed E-state index contributed by atoms with van der Waals surface area (Å²) in [7, 11) is 1.75. The Balaban J connectivity index is 1.31. The summed E-state index contributed by atoms with van der Waals surface area (Å²) in [6.45, 7) is 6.02. The number of carbonyl (C=O) groups excluding carboxylic acids is 1. The van der Waals surface area contributed by atoms with Crippen molar-refractivity contribution in [2.45, 2.75) is 70.3 Å². The van der Waals surface area contributed by atoms with Crippen molar-refractivity contribution in [2.75, 3.05) is 6.54 Å². The van der Waals surface area contributed by atoms with Gasteiger partial charge in [-0.15, -0.1) is 0 Å². The zero-order valence-electron chi connectivity index (χ0n) is 27.0. The van der Waals surface area contributed by atoms with Crippen LogP contribution >= 0.6 is 11.6 Å². The SMILES string of the molecule is Cn1cc2c(n1)COc1c-2cc(C#N)c(-c2c(Cl)c(F)cc3c2C[C@](c2ccccc2)([C@@H]2CC4(CC4)CN2C(=O)OC(C)(C)C)O3)c1F. The lowest BCUT2D eigenvalue weighted by molar-refractivity contribution is -0.0216. The van der Waals surface area contributed by atoms with Crippen molar-refractivity contribution in [3.05, 3.63) is 87.7 Å². The molecule has 0 N–H and O–H groups in total. The zero-order chi connectivity index (χ0) is 33.7. The van der Waals surface area contributed by atoms with E-state index < -0.39 is 35.0 Å². The number of amides is 1. The molecule has 4 aliphatic rings. The van der Waals surface area contributed by atoms with Gasteiger partial charge in [-0.2, -0.15) is 10.4 Å². The molecule has 2 atom stereocenters. The Labute approximate surface area is 281 Å². The summed E-state index contributed by atoms with van der Waals surface area (Å²) in [5.74, 6) is -1.53. The third-order valence-corrected chi connectivity index (χ3v) is 10.4. The number of fused-ring (bicyclic) bond motifs is 4. The smallest absolute Gasteiger partial charge is 0.410 e. The monoisotopic (exact) mass is 670 g/mol. The number of halogens is 3. The highest BCUT2D eigenvalue weighted by Crippen LogP contribution is 2.61. The molecule has 8 rings (SSSR count). The lowest BCUT2D eigenvalue weighted by Gasteiger charge is -2.40. The van der Waals surface area contributed by atoms with Gasteiger partial charge in [0, 0.05) is 60.1 Å². The fourth-order valence-corrected chi connectivity index (χ4v) is 8.02. The second kappa shape index (κ2) is 10.4. The van der Waals surface area contributed by atoms with Crippen LogP contribution in [0.5, 0.6) is 11.5 Å². The van der Waals surface area contributed by atoms with Crippen molar-refractivity contribution >= 4 is 17.7 Å². The summed E-state index contributed by atoms with van der Waals surface area (Å²) in [5.41, 5.74) is 0.744. The number of ether oxygens (including phenoxy) is 3. The quantitative estimate of drug-likeness (QED) is 0.219. The molecular weight excluding hydrogens is 638 g/mol. The van der Waals surface area contributed by atoms with E-state index in [1.54, 1.807) is 28.9 Å². The summed E-state index contributed by atoms with van der Waals surface area (Å²) in [6, 6.07) is 13.9. The topological polar surface area (TPSA) is 89.6 Å². The molecule has 1 spiro atoms. The second-order valence-corrected chi connectivity index (χ2v) is 14.8. The lowest BCUT2D eigenvalue weighted by Crippen LogP contribution is -2.53. The van der Waals surface area contributed by atoms with Gasteiger partial charge in [0.25, 0.3) is 0 Å². The van der Waals surface area contributed by atoms with Crippen LogP contribution in [0.2, 0.25) is 5.02 Å². The van der Waals surface area contributed by atoms with E-state index in [2.05, 4.69) is 11.2 Å². The molecule has 1 saturated carbocycles. The molecule has 0 radical (unpaired) electrons. The van der Waals surface area contributed by atoms with Crippen molar-refractivity contribution in [3.63, 3.8) is 0 Å². The number of nitriles is 1. The highest BCUT2D eigenvalue weighted by atomic mass is 35.5. The van der Waals surface area contributed by atoms with Gasteiger partial charge in [-0.25, -0.2) is 13.6 Å². The van der Waals surface area contributed by atoms with Gasteiger partial charge in [-0.1, -0.05) is 41.9 Å². The summed E-state index contributed by atoms with van der Waals surface area (Å²) in [5, 5.41) is 14.4. The number of benzene rings is 3. The Kier molecular flexibility index (Phi) is 6.68. The number of nitrogens with zero attached hydrogens (tertiary/aromatic N) is 4. The first-order chi connectivity index (χ1) is 22.8. The fourth-order valence-electron chi connectivity index (χ4n) is 7.76. The normalized spacial score (nSPS) is 21.5. The minimum atomic E-state index is -1.18. The maximum atomic E-state index is 16.8. The van der Waals surface area contributed by atoms with Crippen LogP contribution in [-0.4, -0.2) is 39.0 Å². The molecule has 8 nitrogen and oxygen atoms in total. The molecule has 1 aromatic heterocycles. The van der Waals surface area contributed by atoms with Gasteiger partial charge in [0.1, 0.15) is 29.5 Å². The second-order valence-electron chi connectivity index (χ2n) is 14.4. The van der Waals surface area contributed by atoms with E-state index in [1.807, 2.05) is 51.1 Å². The van der Waals surface area contributed by atoms with Crippen LogP contribution < -0.4 is 9.47 Å². The molecule has 3 aromatic carbocycles. The predicted molar refractivity (Wildman–Crippen MR) is 174 cm³/mol. The number of rotatable bonds is 3. The number of carbonyl (C=O) groups is 1. The summed E-state index contributed by atoms with van der Waals surface area (Å²) in [4.78, 5) is 15.6. The Bertz CT molecular complexity index is 2060. The van der Waals surface area contributed by atoms with E-state index in [1.165, 1.54) is 6.07 Å². The summed E-state index contributed by atoms with van der Waals surface area (Å²) < 4.78 is 52.9. The molecule has 1 amide bonds. The van der Waals surface area contributed by atoms with Crippen LogP contribution in [0, 0.1) is 28.4 Å². The highest BCUT2D eigenvalue weighted by Gasteiger charge is 2.62. The molecule has 1 aliphatic carbocycles. The summed E-state index contributed by atoms with van der Waals surface area (Å²) in [6.07, 6.45) is 4.02. The maximum Gasteiger partial charge on any atom is 0.410 e. The van der Waals surface area contributed by atoms with Crippen LogP contribution in [-0.2, 0) is 30.4 Å². The number of likely N-dealkylation sites (tertiary alicyclic amines) is 1. The van der Waals surface area contributed by atoms with E-state index in [0.717, 1.165) is 18.4 Å². The standard InChI is InChI=1S/C37H33ClF2N4O4/c1-35(2,3)48-34(45)44-19-36(10-11-36)15-28(44)37(21-8-6-5-7-9-21)14-23-27(47-37)13-25(39)31(38)30(23)29-20(16-41)12-22-24-17-43(4)42-26(24)18-46-33(22)32(29)40/h5-9,12-13,17,28H,10-11,14-15,18-19H2,1-4H3/t28-,37-/m0/s1. The predicted octanol–water partition coefficient (Wildman–Crippen LogP) is 8.07. The Morgan fingerprint density at radius 1 is 1.15 bits per heavy atom.